The van der Waals surface area contributed by atoms with Gasteiger partial charge in [0.1, 0.15) is 11.1 Å². The lowest BCUT2D eigenvalue weighted by Gasteiger charge is -2.03. The molecule has 1 atom stereocenters. The van der Waals surface area contributed by atoms with Crippen molar-refractivity contribution >= 4 is 11.3 Å². The van der Waals surface area contributed by atoms with Gasteiger partial charge in [-0.15, -0.1) is 16.4 Å². The summed E-state index contributed by atoms with van der Waals surface area (Å²) in [6.45, 7) is 2.64. The second-order valence-electron chi connectivity index (χ2n) is 3.16. The molecule has 6 heteroatoms. The lowest BCUT2D eigenvalue weighted by molar-refractivity contribution is 0.119. The zero-order chi connectivity index (χ0) is 10.7. The maximum atomic E-state index is 5.20. The van der Waals surface area contributed by atoms with Crippen LogP contribution >= 0.6 is 11.3 Å². The predicted octanol–water partition coefficient (Wildman–Crippen LogP) is 1.49. The van der Waals surface area contributed by atoms with E-state index in [4.69, 9.17) is 4.74 Å². The first kappa shape index (κ1) is 10.3. The average Bonchev–Trinajstić information content (AvgIpc) is 2.88. The standard InChI is InChI=1S/C9H12N4OS/c1-7(14-2)9-11-8(6-15-9)5-13-4-3-10-12-13/h3-4,6-7H,5H2,1-2H3/t7-/m1/s1. The van der Waals surface area contributed by atoms with Crippen LogP contribution < -0.4 is 0 Å². The van der Waals surface area contributed by atoms with Gasteiger partial charge in [0.05, 0.1) is 18.4 Å². The molecule has 2 heterocycles. The maximum Gasteiger partial charge on any atom is 0.122 e. The van der Waals surface area contributed by atoms with Gasteiger partial charge in [-0.05, 0) is 6.92 Å². The third-order valence-electron chi connectivity index (χ3n) is 2.07. The zero-order valence-electron chi connectivity index (χ0n) is 8.62. The second kappa shape index (κ2) is 4.50. The first-order valence-corrected chi connectivity index (χ1v) is 5.48. The molecule has 2 aromatic rings. The molecular weight excluding hydrogens is 212 g/mol. The summed E-state index contributed by atoms with van der Waals surface area (Å²) in [5.41, 5.74) is 0.990. The Morgan fingerprint density at radius 2 is 2.47 bits per heavy atom. The van der Waals surface area contributed by atoms with Crippen molar-refractivity contribution < 1.29 is 4.74 Å². The molecule has 0 fully saturated rings. The van der Waals surface area contributed by atoms with Gasteiger partial charge in [-0.1, -0.05) is 5.21 Å². The van der Waals surface area contributed by atoms with Crippen molar-refractivity contribution in [1.82, 2.24) is 20.0 Å². The summed E-state index contributed by atoms with van der Waals surface area (Å²) in [6, 6.07) is 0. The molecule has 0 radical (unpaired) electrons. The highest BCUT2D eigenvalue weighted by atomic mass is 32.1. The molecular formula is C9H12N4OS. The van der Waals surface area contributed by atoms with Crippen molar-refractivity contribution in [2.24, 2.45) is 0 Å². The van der Waals surface area contributed by atoms with Crippen LogP contribution in [0.15, 0.2) is 17.8 Å². The lowest BCUT2D eigenvalue weighted by atomic mass is 10.4. The normalized spacial score (nSPS) is 12.9. The minimum absolute atomic E-state index is 0.0551. The van der Waals surface area contributed by atoms with Crippen LogP contribution in [0.1, 0.15) is 23.7 Å². The van der Waals surface area contributed by atoms with Crippen LogP contribution in [0.4, 0.5) is 0 Å². The summed E-state index contributed by atoms with van der Waals surface area (Å²) in [7, 11) is 1.68. The SMILES string of the molecule is CO[C@H](C)c1nc(Cn2ccnn2)cs1. The van der Waals surface area contributed by atoms with E-state index in [1.54, 1.807) is 29.3 Å². The molecule has 0 aliphatic rings. The molecule has 0 aromatic carbocycles. The quantitative estimate of drug-likeness (QED) is 0.789. The largest absolute Gasteiger partial charge is 0.375 e. The van der Waals surface area contributed by atoms with E-state index in [0.29, 0.717) is 6.54 Å². The minimum Gasteiger partial charge on any atom is -0.375 e. The van der Waals surface area contributed by atoms with Crippen molar-refractivity contribution in [3.63, 3.8) is 0 Å². The molecule has 15 heavy (non-hydrogen) atoms. The van der Waals surface area contributed by atoms with Crippen molar-refractivity contribution in [2.45, 2.75) is 19.6 Å². The van der Waals surface area contributed by atoms with Gasteiger partial charge in [0, 0.05) is 18.7 Å². The summed E-state index contributed by atoms with van der Waals surface area (Å²) in [4.78, 5) is 4.46. The minimum atomic E-state index is 0.0551. The van der Waals surface area contributed by atoms with E-state index in [1.165, 1.54) is 0 Å². The smallest absolute Gasteiger partial charge is 0.122 e. The van der Waals surface area contributed by atoms with E-state index in [0.717, 1.165) is 10.7 Å². The van der Waals surface area contributed by atoms with Crippen LogP contribution in [-0.4, -0.2) is 27.1 Å². The Bertz CT molecular complexity index is 411. The Morgan fingerprint density at radius 1 is 1.60 bits per heavy atom. The molecule has 0 N–H and O–H groups in total. The summed E-state index contributed by atoms with van der Waals surface area (Å²) in [5.74, 6) is 0. The highest BCUT2D eigenvalue weighted by Gasteiger charge is 2.09. The average molecular weight is 224 g/mol. The summed E-state index contributed by atoms with van der Waals surface area (Å²) in [6.07, 6.45) is 3.53. The van der Waals surface area contributed by atoms with Gasteiger partial charge in [0.15, 0.2) is 0 Å². The highest BCUT2D eigenvalue weighted by molar-refractivity contribution is 7.09. The summed E-state index contributed by atoms with van der Waals surface area (Å²) < 4.78 is 6.94. The molecule has 80 valence electrons. The number of rotatable bonds is 4. The number of thiazole rings is 1. The summed E-state index contributed by atoms with van der Waals surface area (Å²) >= 11 is 1.61. The predicted molar refractivity (Wildman–Crippen MR) is 56.7 cm³/mol. The van der Waals surface area contributed by atoms with Crippen LogP contribution in [0, 0.1) is 0 Å². The molecule has 0 aliphatic carbocycles. The Hall–Kier alpha value is -1.27. The molecule has 5 nitrogen and oxygen atoms in total. The van der Waals surface area contributed by atoms with E-state index in [9.17, 15) is 0 Å². The molecule has 2 aromatic heterocycles. The molecule has 0 unspecified atom stereocenters. The molecule has 0 spiro atoms. The maximum absolute atomic E-state index is 5.20. The topological polar surface area (TPSA) is 52.8 Å². The van der Waals surface area contributed by atoms with Gasteiger partial charge in [-0.3, -0.25) is 0 Å². The first-order chi connectivity index (χ1) is 7.29. The monoisotopic (exact) mass is 224 g/mol. The van der Waals surface area contributed by atoms with E-state index in [-0.39, 0.29) is 6.10 Å². The molecule has 2 rings (SSSR count). The molecule has 0 amide bonds. The van der Waals surface area contributed by atoms with Gasteiger partial charge < -0.3 is 4.74 Å². The van der Waals surface area contributed by atoms with Gasteiger partial charge in [0.2, 0.25) is 0 Å². The fourth-order valence-corrected chi connectivity index (χ4v) is 2.01. The zero-order valence-corrected chi connectivity index (χ0v) is 9.44. The van der Waals surface area contributed by atoms with Crippen molar-refractivity contribution in [3.8, 4) is 0 Å². The number of hydrogen-bond acceptors (Lipinski definition) is 5. The third-order valence-corrected chi connectivity index (χ3v) is 3.12. The van der Waals surface area contributed by atoms with Crippen molar-refractivity contribution in [1.29, 1.82) is 0 Å². The summed E-state index contributed by atoms with van der Waals surface area (Å²) in [5, 5.41) is 10.6. The fourth-order valence-electron chi connectivity index (χ4n) is 1.17. The van der Waals surface area contributed by atoms with Gasteiger partial charge >= 0.3 is 0 Å². The third kappa shape index (κ3) is 2.40. The van der Waals surface area contributed by atoms with Crippen LogP contribution in [0.25, 0.3) is 0 Å². The number of ether oxygens (including phenoxy) is 1. The van der Waals surface area contributed by atoms with Crippen LogP contribution in [0.2, 0.25) is 0 Å². The number of aromatic nitrogens is 4. The Balaban J connectivity index is 2.07. The Morgan fingerprint density at radius 3 is 3.13 bits per heavy atom. The Kier molecular flexibility index (Phi) is 3.08. The number of hydrogen-bond donors (Lipinski definition) is 0. The molecule has 0 aliphatic heterocycles. The van der Waals surface area contributed by atoms with Crippen molar-refractivity contribution in [3.05, 3.63) is 28.5 Å². The van der Waals surface area contributed by atoms with Crippen LogP contribution in [-0.2, 0) is 11.3 Å². The van der Waals surface area contributed by atoms with E-state index < -0.39 is 0 Å². The lowest BCUT2D eigenvalue weighted by Crippen LogP contribution is -2.02. The first-order valence-electron chi connectivity index (χ1n) is 4.61. The Labute approximate surface area is 91.7 Å². The number of methoxy groups -OCH3 is 1. The van der Waals surface area contributed by atoms with E-state index in [1.807, 2.05) is 18.5 Å². The molecule has 0 bridgehead atoms. The highest BCUT2D eigenvalue weighted by Crippen LogP contribution is 2.20. The van der Waals surface area contributed by atoms with Crippen LogP contribution in [0.5, 0.6) is 0 Å². The fraction of sp³-hybridized carbons (Fsp3) is 0.444. The van der Waals surface area contributed by atoms with Gasteiger partial charge in [0.25, 0.3) is 0 Å². The van der Waals surface area contributed by atoms with E-state index >= 15 is 0 Å². The van der Waals surface area contributed by atoms with Crippen LogP contribution in [0.3, 0.4) is 0 Å². The van der Waals surface area contributed by atoms with Gasteiger partial charge in [-0.25, -0.2) is 9.67 Å². The molecule has 0 saturated heterocycles. The number of nitrogens with zero attached hydrogens (tertiary/aromatic N) is 4. The molecule has 0 saturated carbocycles. The van der Waals surface area contributed by atoms with Crippen molar-refractivity contribution in [2.75, 3.05) is 7.11 Å². The van der Waals surface area contributed by atoms with Gasteiger partial charge in [-0.2, -0.15) is 0 Å². The second-order valence-corrected chi connectivity index (χ2v) is 4.05. The van der Waals surface area contributed by atoms with E-state index in [2.05, 4.69) is 15.3 Å².